The highest BCUT2D eigenvalue weighted by Crippen LogP contribution is 2.31. The van der Waals surface area contributed by atoms with Gasteiger partial charge in [0.1, 0.15) is 5.52 Å². The Labute approximate surface area is 127 Å². The summed E-state index contributed by atoms with van der Waals surface area (Å²) in [5, 5.41) is 0. The van der Waals surface area contributed by atoms with Crippen molar-refractivity contribution in [3.05, 3.63) is 47.5 Å². The Morgan fingerprint density at radius 2 is 2.05 bits per heavy atom. The van der Waals surface area contributed by atoms with Gasteiger partial charge in [0.15, 0.2) is 11.4 Å². The third-order valence-corrected chi connectivity index (χ3v) is 3.56. The monoisotopic (exact) mass is 295 g/mol. The molecule has 0 aliphatic rings. The first-order valence-electron chi connectivity index (χ1n) is 7.03. The van der Waals surface area contributed by atoms with Gasteiger partial charge >= 0.3 is 0 Å². The molecule has 0 aliphatic carbocycles. The number of hydrogen-bond donors (Lipinski definition) is 2. The smallest absolute Gasteiger partial charge is 0.229 e. The van der Waals surface area contributed by atoms with Crippen LogP contribution in [0.3, 0.4) is 0 Å². The van der Waals surface area contributed by atoms with E-state index in [-0.39, 0.29) is 5.78 Å². The Morgan fingerprint density at radius 3 is 2.77 bits per heavy atom. The van der Waals surface area contributed by atoms with E-state index in [4.69, 9.17) is 15.9 Å². The fourth-order valence-corrected chi connectivity index (χ4v) is 2.36. The molecule has 0 saturated heterocycles. The van der Waals surface area contributed by atoms with Gasteiger partial charge in [0, 0.05) is 5.56 Å². The number of oxazole rings is 1. The maximum Gasteiger partial charge on any atom is 0.229 e. The van der Waals surface area contributed by atoms with Gasteiger partial charge < -0.3 is 15.9 Å². The van der Waals surface area contributed by atoms with Gasteiger partial charge in [-0.15, -0.1) is 0 Å². The van der Waals surface area contributed by atoms with Crippen molar-refractivity contribution in [2.45, 2.75) is 19.9 Å². The van der Waals surface area contributed by atoms with E-state index in [0.29, 0.717) is 28.3 Å². The molecule has 0 spiro atoms. The topological polar surface area (TPSA) is 95.1 Å². The van der Waals surface area contributed by atoms with E-state index >= 15 is 0 Å². The summed E-state index contributed by atoms with van der Waals surface area (Å²) < 4.78 is 5.75. The number of nitrogen functional groups attached to an aromatic ring is 1. The summed E-state index contributed by atoms with van der Waals surface area (Å²) in [6, 6.07) is 10.4. The highest BCUT2D eigenvalue weighted by atomic mass is 16.3. The maximum absolute atomic E-state index is 12.1. The molecule has 0 unspecified atom stereocenters. The van der Waals surface area contributed by atoms with E-state index in [2.05, 4.69) is 4.98 Å². The second-order valence-electron chi connectivity index (χ2n) is 5.41. The zero-order valence-electron chi connectivity index (χ0n) is 12.5. The summed E-state index contributed by atoms with van der Waals surface area (Å²) in [5.41, 5.74) is 15.7. The van der Waals surface area contributed by atoms with Crippen LogP contribution >= 0.6 is 0 Å². The van der Waals surface area contributed by atoms with E-state index in [9.17, 15) is 4.79 Å². The normalized spacial score (nSPS) is 12.5. The standard InChI is InChI=1S/C17H17N3O2/c1-9-6-7-14-13(8-9)20-17(22-14)12-5-3-4-11(15(12)19)16(21)10(2)18/h3-8,10H,18-19H2,1-2H3/t10-/m0/s1. The third-order valence-electron chi connectivity index (χ3n) is 3.56. The van der Waals surface area contributed by atoms with Gasteiger partial charge in [-0.3, -0.25) is 4.79 Å². The minimum atomic E-state index is -0.608. The van der Waals surface area contributed by atoms with Gasteiger partial charge in [-0.05, 0) is 43.7 Å². The van der Waals surface area contributed by atoms with Crippen molar-refractivity contribution in [2.75, 3.05) is 5.73 Å². The molecule has 4 N–H and O–H groups in total. The summed E-state index contributed by atoms with van der Waals surface area (Å²) in [6.45, 7) is 3.63. The zero-order chi connectivity index (χ0) is 15.9. The molecule has 0 aliphatic heterocycles. The maximum atomic E-state index is 12.1. The van der Waals surface area contributed by atoms with E-state index in [1.165, 1.54) is 0 Å². The molecule has 3 aromatic rings. The van der Waals surface area contributed by atoms with E-state index in [1.807, 2.05) is 25.1 Å². The molecule has 22 heavy (non-hydrogen) atoms. The second kappa shape index (κ2) is 5.27. The molecule has 1 aromatic heterocycles. The number of aryl methyl sites for hydroxylation is 1. The van der Waals surface area contributed by atoms with Crippen molar-refractivity contribution in [1.82, 2.24) is 4.98 Å². The van der Waals surface area contributed by atoms with Gasteiger partial charge in [0.25, 0.3) is 0 Å². The third kappa shape index (κ3) is 2.35. The number of para-hydroxylation sites is 1. The lowest BCUT2D eigenvalue weighted by Gasteiger charge is -2.09. The fraction of sp³-hybridized carbons (Fsp3) is 0.176. The van der Waals surface area contributed by atoms with E-state index in [0.717, 1.165) is 11.1 Å². The van der Waals surface area contributed by atoms with Gasteiger partial charge in [-0.2, -0.15) is 0 Å². The number of benzene rings is 2. The molecule has 0 bridgehead atoms. The Kier molecular flexibility index (Phi) is 3.42. The van der Waals surface area contributed by atoms with Gasteiger partial charge in [-0.1, -0.05) is 12.1 Å². The molecule has 0 radical (unpaired) electrons. The molecule has 112 valence electrons. The molecule has 3 rings (SSSR count). The molecule has 1 atom stereocenters. The Morgan fingerprint density at radius 1 is 1.27 bits per heavy atom. The van der Waals surface area contributed by atoms with Crippen LogP contribution in [0.15, 0.2) is 40.8 Å². The molecular formula is C17H17N3O2. The van der Waals surface area contributed by atoms with E-state index in [1.54, 1.807) is 25.1 Å². The second-order valence-corrected chi connectivity index (χ2v) is 5.41. The van der Waals surface area contributed by atoms with Crippen molar-refractivity contribution >= 4 is 22.6 Å². The molecule has 0 fully saturated rings. The number of hydrogen-bond acceptors (Lipinski definition) is 5. The molecule has 5 heteroatoms. The Bertz CT molecular complexity index is 865. The summed E-state index contributed by atoms with van der Waals surface area (Å²) in [7, 11) is 0. The first-order chi connectivity index (χ1) is 10.5. The Hall–Kier alpha value is -2.66. The SMILES string of the molecule is Cc1ccc2oc(-c3cccc(C(=O)[C@H](C)N)c3N)nc2c1. The summed E-state index contributed by atoms with van der Waals surface area (Å²) in [4.78, 5) is 16.6. The highest BCUT2D eigenvalue weighted by molar-refractivity contribution is 6.06. The Balaban J connectivity index is 2.14. The lowest BCUT2D eigenvalue weighted by Crippen LogP contribution is -2.27. The largest absolute Gasteiger partial charge is 0.436 e. The van der Waals surface area contributed by atoms with Crippen LogP contribution < -0.4 is 11.5 Å². The van der Waals surface area contributed by atoms with Crippen LogP contribution in [0.4, 0.5) is 5.69 Å². The number of anilines is 1. The minimum Gasteiger partial charge on any atom is -0.436 e. The number of carbonyl (C=O) groups is 1. The van der Waals surface area contributed by atoms with Crippen LogP contribution in [0.25, 0.3) is 22.6 Å². The molecule has 5 nitrogen and oxygen atoms in total. The number of Topliss-reactive ketones (excluding diaryl/α,β-unsaturated/α-hetero) is 1. The number of carbonyl (C=O) groups excluding carboxylic acids is 1. The average molecular weight is 295 g/mol. The van der Waals surface area contributed by atoms with Crippen LogP contribution in [0.1, 0.15) is 22.8 Å². The predicted molar refractivity (Wildman–Crippen MR) is 86.6 cm³/mol. The molecule has 1 heterocycles. The van der Waals surface area contributed by atoms with Crippen LogP contribution in [-0.2, 0) is 0 Å². The van der Waals surface area contributed by atoms with Crippen molar-refractivity contribution in [3.8, 4) is 11.5 Å². The summed E-state index contributed by atoms with van der Waals surface area (Å²) in [6.07, 6.45) is 0. The van der Waals surface area contributed by atoms with Crippen molar-refractivity contribution in [1.29, 1.82) is 0 Å². The van der Waals surface area contributed by atoms with Crippen LogP contribution in [0.2, 0.25) is 0 Å². The quantitative estimate of drug-likeness (QED) is 0.572. The average Bonchev–Trinajstić information content (AvgIpc) is 2.89. The minimum absolute atomic E-state index is 0.202. The highest BCUT2D eigenvalue weighted by Gasteiger charge is 2.19. The van der Waals surface area contributed by atoms with Crippen LogP contribution in [-0.4, -0.2) is 16.8 Å². The van der Waals surface area contributed by atoms with Crippen molar-refractivity contribution < 1.29 is 9.21 Å². The lowest BCUT2D eigenvalue weighted by molar-refractivity contribution is 0.0969. The summed E-state index contributed by atoms with van der Waals surface area (Å²) in [5.74, 6) is 0.198. The van der Waals surface area contributed by atoms with Crippen molar-refractivity contribution in [2.24, 2.45) is 5.73 Å². The lowest BCUT2D eigenvalue weighted by atomic mass is 10.0. The van der Waals surface area contributed by atoms with Gasteiger partial charge in [0.2, 0.25) is 5.89 Å². The first kappa shape index (κ1) is 14.3. The summed E-state index contributed by atoms with van der Waals surface area (Å²) >= 11 is 0. The fourth-order valence-electron chi connectivity index (χ4n) is 2.36. The van der Waals surface area contributed by atoms with E-state index < -0.39 is 6.04 Å². The molecule has 2 aromatic carbocycles. The predicted octanol–water partition coefficient (Wildman–Crippen LogP) is 2.92. The number of nitrogens with two attached hydrogens (primary N) is 2. The number of rotatable bonds is 3. The van der Waals surface area contributed by atoms with Crippen molar-refractivity contribution in [3.63, 3.8) is 0 Å². The molecule has 0 amide bonds. The first-order valence-corrected chi connectivity index (χ1v) is 7.03. The number of ketones is 1. The number of fused-ring (bicyclic) bond motifs is 1. The zero-order valence-corrected chi connectivity index (χ0v) is 12.5. The number of nitrogens with zero attached hydrogens (tertiary/aromatic N) is 1. The van der Waals surface area contributed by atoms with Crippen LogP contribution in [0.5, 0.6) is 0 Å². The van der Waals surface area contributed by atoms with Crippen LogP contribution in [0, 0.1) is 6.92 Å². The molecule has 0 saturated carbocycles. The molecular weight excluding hydrogens is 278 g/mol. The van der Waals surface area contributed by atoms with Gasteiger partial charge in [-0.25, -0.2) is 4.98 Å². The van der Waals surface area contributed by atoms with Gasteiger partial charge in [0.05, 0.1) is 17.3 Å². The number of aromatic nitrogens is 1.